The number of esters is 1. The molecule has 0 amide bonds. The molecule has 0 aliphatic rings. The smallest absolute Gasteiger partial charge is 0.322 e. The molecule has 2 N–H and O–H groups in total. The zero-order valence-electron chi connectivity index (χ0n) is 8.93. The van der Waals surface area contributed by atoms with Crippen LogP contribution in [0.3, 0.4) is 0 Å². The van der Waals surface area contributed by atoms with Gasteiger partial charge in [0.2, 0.25) is 10.0 Å². The van der Waals surface area contributed by atoms with Gasteiger partial charge >= 0.3 is 11.9 Å². The van der Waals surface area contributed by atoms with E-state index in [2.05, 4.69) is 9.46 Å². The molecule has 0 bridgehead atoms. The molecule has 0 fully saturated rings. The highest BCUT2D eigenvalue weighted by molar-refractivity contribution is 7.90. The van der Waals surface area contributed by atoms with Crippen LogP contribution in [0.15, 0.2) is 0 Å². The number of hydrogen-bond donors (Lipinski definition) is 2. The van der Waals surface area contributed by atoms with Crippen molar-refractivity contribution in [3.63, 3.8) is 0 Å². The second-order valence-electron chi connectivity index (χ2n) is 3.08. The first-order valence-corrected chi connectivity index (χ1v) is 6.28. The maximum atomic E-state index is 11.2. The first-order chi connectivity index (χ1) is 7.37. The van der Waals surface area contributed by atoms with Crippen LogP contribution in [0, 0.1) is 0 Å². The first kappa shape index (κ1) is 14.8. The molecule has 0 unspecified atom stereocenters. The van der Waals surface area contributed by atoms with Gasteiger partial charge in [-0.15, -0.1) is 0 Å². The van der Waals surface area contributed by atoms with E-state index in [1.807, 2.05) is 0 Å². The number of ether oxygens (including phenoxy) is 1. The lowest BCUT2D eigenvalue weighted by Crippen LogP contribution is -2.31. The Morgan fingerprint density at radius 2 is 1.94 bits per heavy atom. The van der Waals surface area contributed by atoms with Gasteiger partial charge in [-0.3, -0.25) is 9.59 Å². The maximum absolute atomic E-state index is 11.2. The largest absolute Gasteiger partial charge is 0.481 e. The third-order valence-corrected chi connectivity index (χ3v) is 2.93. The molecule has 0 aliphatic carbocycles. The number of aliphatic carboxylic acids is 1. The summed E-state index contributed by atoms with van der Waals surface area (Å²) in [6, 6.07) is 0. The minimum atomic E-state index is -3.67. The van der Waals surface area contributed by atoms with Gasteiger partial charge in [-0.25, -0.2) is 13.1 Å². The first-order valence-electron chi connectivity index (χ1n) is 4.63. The number of rotatable bonds is 8. The van der Waals surface area contributed by atoms with Gasteiger partial charge in [-0.05, 0) is 12.8 Å². The summed E-state index contributed by atoms with van der Waals surface area (Å²) in [4.78, 5) is 20.8. The number of methoxy groups -OCH3 is 1. The second kappa shape index (κ2) is 7.18. The van der Waals surface area contributed by atoms with E-state index in [9.17, 15) is 18.0 Å². The molecule has 0 heterocycles. The highest BCUT2D eigenvalue weighted by Gasteiger charge is 2.15. The Balaban J connectivity index is 3.75. The summed E-state index contributed by atoms with van der Waals surface area (Å²) < 4.78 is 28.7. The van der Waals surface area contributed by atoms with Crippen molar-refractivity contribution in [3.05, 3.63) is 0 Å². The number of carbonyl (C=O) groups excluding carboxylic acids is 1. The van der Waals surface area contributed by atoms with E-state index >= 15 is 0 Å². The van der Waals surface area contributed by atoms with E-state index in [0.29, 0.717) is 12.8 Å². The third-order valence-electron chi connectivity index (χ3n) is 1.67. The van der Waals surface area contributed by atoms with Gasteiger partial charge in [0.1, 0.15) is 0 Å². The summed E-state index contributed by atoms with van der Waals surface area (Å²) in [6.45, 7) is 0.118. The molecule has 0 aromatic rings. The molecule has 0 rings (SSSR count). The molecule has 0 saturated carbocycles. The van der Waals surface area contributed by atoms with Crippen molar-refractivity contribution in [2.45, 2.75) is 19.3 Å². The highest BCUT2D eigenvalue weighted by atomic mass is 32.2. The van der Waals surface area contributed by atoms with Crippen LogP contribution in [-0.2, 0) is 24.3 Å². The topological polar surface area (TPSA) is 110 Å². The van der Waals surface area contributed by atoms with Crippen LogP contribution in [0.4, 0.5) is 0 Å². The van der Waals surface area contributed by atoms with Crippen molar-refractivity contribution in [1.29, 1.82) is 0 Å². The van der Waals surface area contributed by atoms with Crippen molar-refractivity contribution in [3.8, 4) is 0 Å². The summed E-state index contributed by atoms with van der Waals surface area (Å²) in [6.07, 6.45) is 0.793. The Bertz CT molecular complexity index is 336. The van der Waals surface area contributed by atoms with Gasteiger partial charge in [0, 0.05) is 13.0 Å². The standard InChI is InChI=1S/C8H15NO6S/c1-15-8(12)6-16(13,14)9-5-3-2-4-7(10)11/h9H,2-6H2,1H3,(H,10,11). The Morgan fingerprint density at radius 3 is 2.44 bits per heavy atom. The van der Waals surface area contributed by atoms with Crippen LogP contribution in [-0.4, -0.2) is 44.9 Å². The van der Waals surface area contributed by atoms with Crippen LogP contribution < -0.4 is 4.72 Å². The molecule has 7 nitrogen and oxygen atoms in total. The van der Waals surface area contributed by atoms with E-state index in [1.54, 1.807) is 0 Å². The molecule has 0 aromatic carbocycles. The lowest BCUT2D eigenvalue weighted by atomic mass is 10.2. The Morgan fingerprint density at radius 1 is 1.31 bits per heavy atom. The Kier molecular flexibility index (Phi) is 6.66. The van der Waals surface area contributed by atoms with Gasteiger partial charge in [0.05, 0.1) is 7.11 Å². The van der Waals surface area contributed by atoms with Crippen molar-refractivity contribution in [2.75, 3.05) is 19.4 Å². The van der Waals surface area contributed by atoms with Crippen LogP contribution in [0.25, 0.3) is 0 Å². The fraction of sp³-hybridized carbons (Fsp3) is 0.750. The number of nitrogens with one attached hydrogen (secondary N) is 1. The van der Waals surface area contributed by atoms with Gasteiger partial charge < -0.3 is 9.84 Å². The van der Waals surface area contributed by atoms with Gasteiger partial charge in [0.25, 0.3) is 0 Å². The molecule has 16 heavy (non-hydrogen) atoms. The summed E-state index contributed by atoms with van der Waals surface area (Å²) in [5.41, 5.74) is 0. The molecule has 0 radical (unpaired) electrons. The normalized spacial score (nSPS) is 11.1. The number of carboxylic acids is 1. The predicted octanol–water partition coefficient (Wildman–Crippen LogP) is -0.666. The highest BCUT2D eigenvalue weighted by Crippen LogP contribution is 1.95. The van der Waals surface area contributed by atoms with Gasteiger partial charge in [0.15, 0.2) is 5.75 Å². The molecular formula is C8H15NO6S. The van der Waals surface area contributed by atoms with Crippen LogP contribution in [0.1, 0.15) is 19.3 Å². The fourth-order valence-electron chi connectivity index (χ4n) is 0.894. The van der Waals surface area contributed by atoms with E-state index < -0.39 is 27.7 Å². The molecule has 0 saturated heterocycles. The predicted molar refractivity (Wildman–Crippen MR) is 55.3 cm³/mol. The number of unbranched alkanes of at least 4 members (excludes halogenated alkanes) is 1. The SMILES string of the molecule is COC(=O)CS(=O)(=O)NCCCCC(=O)O. The number of carboxylic acid groups (broad SMARTS) is 1. The third kappa shape index (κ3) is 8.18. The lowest BCUT2D eigenvalue weighted by Gasteiger charge is -2.04. The van der Waals surface area contributed by atoms with Crippen molar-refractivity contribution >= 4 is 22.0 Å². The zero-order valence-corrected chi connectivity index (χ0v) is 9.75. The zero-order chi connectivity index (χ0) is 12.6. The summed E-state index contributed by atoms with van der Waals surface area (Å²) >= 11 is 0. The van der Waals surface area contributed by atoms with Crippen molar-refractivity contribution < 1.29 is 27.9 Å². The van der Waals surface area contributed by atoms with Crippen LogP contribution in [0.2, 0.25) is 0 Å². The molecule has 0 aromatic heterocycles. The molecule has 0 atom stereocenters. The minimum absolute atomic E-state index is 0.00126. The Labute approximate surface area is 93.8 Å². The Hall–Kier alpha value is -1.15. The monoisotopic (exact) mass is 253 g/mol. The van der Waals surface area contributed by atoms with E-state index in [0.717, 1.165) is 7.11 Å². The molecule has 0 aliphatic heterocycles. The van der Waals surface area contributed by atoms with Crippen molar-refractivity contribution in [1.82, 2.24) is 4.72 Å². The number of sulfonamides is 1. The van der Waals surface area contributed by atoms with Crippen molar-refractivity contribution in [2.24, 2.45) is 0 Å². The quantitative estimate of drug-likeness (QED) is 0.438. The molecular weight excluding hydrogens is 238 g/mol. The second-order valence-corrected chi connectivity index (χ2v) is 4.89. The summed E-state index contributed by atoms with van der Waals surface area (Å²) in [5.74, 6) is -2.47. The van der Waals surface area contributed by atoms with E-state index in [1.165, 1.54) is 0 Å². The lowest BCUT2D eigenvalue weighted by molar-refractivity contribution is -0.138. The van der Waals surface area contributed by atoms with E-state index in [4.69, 9.17) is 5.11 Å². The van der Waals surface area contributed by atoms with E-state index in [-0.39, 0.29) is 13.0 Å². The molecule has 0 spiro atoms. The maximum Gasteiger partial charge on any atom is 0.322 e. The summed E-state index contributed by atoms with van der Waals surface area (Å²) in [5, 5.41) is 8.32. The van der Waals surface area contributed by atoms with Crippen LogP contribution in [0.5, 0.6) is 0 Å². The van der Waals surface area contributed by atoms with Gasteiger partial charge in [-0.2, -0.15) is 0 Å². The summed E-state index contributed by atoms with van der Waals surface area (Å²) in [7, 11) is -2.56. The van der Waals surface area contributed by atoms with Gasteiger partial charge in [-0.1, -0.05) is 0 Å². The molecule has 8 heteroatoms. The average Bonchev–Trinajstić information content (AvgIpc) is 2.15. The number of hydrogen-bond acceptors (Lipinski definition) is 5. The average molecular weight is 253 g/mol. The minimum Gasteiger partial charge on any atom is -0.481 e. The number of carbonyl (C=O) groups is 2. The fourth-order valence-corrected chi connectivity index (χ4v) is 1.88. The van der Waals surface area contributed by atoms with Crippen LogP contribution >= 0.6 is 0 Å². The molecule has 94 valence electrons.